The van der Waals surface area contributed by atoms with Crippen LogP contribution in [-0.4, -0.2) is 44.3 Å². The molecule has 0 saturated heterocycles. The third kappa shape index (κ3) is 7.17. The number of allylic oxidation sites excluding steroid dienone is 1. The molecule has 0 radical (unpaired) electrons. The summed E-state index contributed by atoms with van der Waals surface area (Å²) < 4.78 is 0. The summed E-state index contributed by atoms with van der Waals surface area (Å²) in [4.78, 5) is 8.84. The van der Waals surface area contributed by atoms with E-state index in [0.717, 1.165) is 24.4 Å². The molecule has 0 heterocycles. The summed E-state index contributed by atoms with van der Waals surface area (Å²) in [7, 11) is 5.96. The molecule has 0 aliphatic rings. The Kier molecular flexibility index (Phi) is 9.36. The summed E-state index contributed by atoms with van der Waals surface area (Å²) >= 11 is 0. The minimum absolute atomic E-state index is 0.500. The van der Waals surface area contributed by atoms with Crippen molar-refractivity contribution < 1.29 is 0 Å². The Morgan fingerprint density at radius 3 is 2.27 bits per heavy atom. The van der Waals surface area contributed by atoms with Crippen LogP contribution in [0.15, 0.2) is 53.6 Å². The first-order chi connectivity index (χ1) is 12.3. The molecule has 0 amide bonds. The number of rotatable bonds is 10. The lowest BCUT2D eigenvalue weighted by Crippen LogP contribution is -2.38. The van der Waals surface area contributed by atoms with Crippen LogP contribution in [0.5, 0.6) is 0 Å². The van der Waals surface area contributed by atoms with Crippen molar-refractivity contribution in [1.29, 1.82) is 0 Å². The second kappa shape index (κ2) is 11.0. The first-order valence-electron chi connectivity index (χ1n) is 9.58. The van der Waals surface area contributed by atoms with E-state index in [-0.39, 0.29) is 0 Å². The van der Waals surface area contributed by atoms with Crippen LogP contribution in [0.2, 0.25) is 0 Å². The van der Waals surface area contributed by atoms with Gasteiger partial charge in [-0.15, -0.1) is 0 Å². The predicted molar refractivity (Wildman–Crippen MR) is 117 cm³/mol. The van der Waals surface area contributed by atoms with E-state index in [1.54, 1.807) is 0 Å². The second-order valence-electron chi connectivity index (χ2n) is 7.45. The number of anilines is 1. The van der Waals surface area contributed by atoms with Crippen LogP contribution in [0.1, 0.15) is 39.7 Å². The van der Waals surface area contributed by atoms with Crippen molar-refractivity contribution in [3.05, 3.63) is 54.1 Å². The van der Waals surface area contributed by atoms with Crippen molar-refractivity contribution in [2.45, 2.75) is 46.7 Å². The van der Waals surface area contributed by atoms with Gasteiger partial charge in [-0.25, -0.2) is 0 Å². The number of benzene rings is 1. The van der Waals surface area contributed by atoms with Crippen molar-refractivity contribution in [2.24, 2.45) is 10.9 Å². The molecule has 0 aromatic heterocycles. The quantitative estimate of drug-likeness (QED) is 0.425. The van der Waals surface area contributed by atoms with E-state index in [1.807, 2.05) is 20.0 Å². The van der Waals surface area contributed by atoms with E-state index in [0.29, 0.717) is 12.0 Å². The molecule has 1 aromatic rings. The summed E-state index contributed by atoms with van der Waals surface area (Å²) in [5, 5.41) is 0. The first kappa shape index (κ1) is 22.2. The number of hydrogen-bond donors (Lipinski definition) is 0. The topological polar surface area (TPSA) is 18.8 Å². The summed E-state index contributed by atoms with van der Waals surface area (Å²) in [5.41, 5.74) is 4.71. The van der Waals surface area contributed by atoms with Gasteiger partial charge in [0.1, 0.15) is 0 Å². The molecule has 0 aliphatic carbocycles. The van der Waals surface area contributed by atoms with E-state index in [1.165, 1.54) is 17.7 Å². The third-order valence-electron chi connectivity index (χ3n) is 5.20. The normalized spacial score (nSPS) is 14.7. The van der Waals surface area contributed by atoms with E-state index in [2.05, 4.69) is 86.6 Å². The van der Waals surface area contributed by atoms with E-state index in [9.17, 15) is 0 Å². The molecule has 3 nitrogen and oxygen atoms in total. The standard InChI is InChI=1S/C23H37N3/c1-9-19(3)21(5)26(16-18(2)10-11-20(4)24-6)17-22-12-14-23(15-13-22)25(7)8/h10-15,19,21H,2,9,16-17H2,1,3-8H3/b11-10-,24-20?. The number of nitrogens with zero attached hydrogens (tertiary/aromatic N) is 3. The highest BCUT2D eigenvalue weighted by Gasteiger charge is 2.19. The maximum atomic E-state index is 4.26. The highest BCUT2D eigenvalue weighted by atomic mass is 15.2. The van der Waals surface area contributed by atoms with Crippen LogP contribution >= 0.6 is 0 Å². The summed E-state index contributed by atoms with van der Waals surface area (Å²) in [6.07, 6.45) is 5.31. The van der Waals surface area contributed by atoms with Gasteiger partial charge in [-0.2, -0.15) is 0 Å². The molecule has 0 bridgehead atoms. The Labute approximate surface area is 161 Å². The lowest BCUT2D eigenvalue weighted by atomic mass is 9.98. The van der Waals surface area contributed by atoms with Gasteiger partial charge >= 0.3 is 0 Å². The first-order valence-corrected chi connectivity index (χ1v) is 9.58. The summed E-state index contributed by atoms with van der Waals surface area (Å²) in [5.74, 6) is 0.645. The minimum atomic E-state index is 0.500. The van der Waals surface area contributed by atoms with Gasteiger partial charge in [-0.1, -0.05) is 45.1 Å². The van der Waals surface area contributed by atoms with Crippen LogP contribution in [0.25, 0.3) is 0 Å². The molecule has 0 aliphatic heterocycles. The molecule has 0 saturated carbocycles. The summed E-state index contributed by atoms with van der Waals surface area (Å²) in [6, 6.07) is 9.35. The number of hydrogen-bond acceptors (Lipinski definition) is 3. The van der Waals surface area contributed by atoms with Gasteiger partial charge in [0.05, 0.1) is 0 Å². The van der Waals surface area contributed by atoms with Gasteiger partial charge in [0.2, 0.25) is 0 Å². The molecule has 144 valence electrons. The van der Waals surface area contributed by atoms with Gasteiger partial charge < -0.3 is 4.90 Å². The van der Waals surface area contributed by atoms with E-state index < -0.39 is 0 Å². The molecule has 0 N–H and O–H groups in total. The molecule has 3 heteroatoms. The molecule has 0 spiro atoms. The molecule has 2 unspecified atom stereocenters. The Bertz CT molecular complexity index is 611. The van der Waals surface area contributed by atoms with Crippen molar-refractivity contribution in [1.82, 2.24) is 4.90 Å². The van der Waals surface area contributed by atoms with Crippen LogP contribution in [0, 0.1) is 5.92 Å². The minimum Gasteiger partial charge on any atom is -0.378 e. The maximum absolute atomic E-state index is 4.26. The van der Waals surface area contributed by atoms with Gasteiger partial charge in [0.25, 0.3) is 0 Å². The summed E-state index contributed by atoms with van der Waals surface area (Å²) in [6.45, 7) is 15.0. The highest BCUT2D eigenvalue weighted by Crippen LogP contribution is 2.20. The highest BCUT2D eigenvalue weighted by molar-refractivity contribution is 5.92. The molecule has 1 rings (SSSR count). The van der Waals surface area contributed by atoms with Gasteiger partial charge in [-0.3, -0.25) is 9.89 Å². The Morgan fingerprint density at radius 1 is 1.15 bits per heavy atom. The van der Waals surface area contributed by atoms with Crippen LogP contribution < -0.4 is 4.90 Å². The lowest BCUT2D eigenvalue weighted by Gasteiger charge is -2.33. The average molecular weight is 356 g/mol. The molecular formula is C23H37N3. The van der Waals surface area contributed by atoms with Crippen molar-refractivity contribution in [3.63, 3.8) is 0 Å². The van der Waals surface area contributed by atoms with Crippen molar-refractivity contribution in [3.8, 4) is 0 Å². The largest absolute Gasteiger partial charge is 0.378 e. The smallest absolute Gasteiger partial charge is 0.0361 e. The molecule has 2 atom stereocenters. The van der Waals surface area contributed by atoms with Crippen molar-refractivity contribution >= 4 is 11.4 Å². The molecule has 26 heavy (non-hydrogen) atoms. The maximum Gasteiger partial charge on any atom is 0.0361 e. The van der Waals surface area contributed by atoms with Gasteiger partial charge in [-0.05, 0) is 49.1 Å². The fourth-order valence-corrected chi connectivity index (χ4v) is 2.81. The van der Waals surface area contributed by atoms with Crippen molar-refractivity contribution in [2.75, 3.05) is 32.6 Å². The average Bonchev–Trinajstić information content (AvgIpc) is 2.64. The van der Waals surface area contributed by atoms with Gasteiger partial charge in [0.15, 0.2) is 0 Å². The van der Waals surface area contributed by atoms with Crippen LogP contribution in [-0.2, 0) is 6.54 Å². The second-order valence-corrected chi connectivity index (χ2v) is 7.45. The van der Waals surface area contributed by atoms with E-state index in [4.69, 9.17) is 0 Å². The zero-order valence-electron chi connectivity index (χ0n) is 17.8. The molecule has 1 aromatic carbocycles. The zero-order valence-corrected chi connectivity index (χ0v) is 17.8. The van der Waals surface area contributed by atoms with Gasteiger partial charge in [0, 0.05) is 51.7 Å². The fraction of sp³-hybridized carbons (Fsp3) is 0.522. The Hall–Kier alpha value is -1.87. The van der Waals surface area contributed by atoms with Crippen LogP contribution in [0.4, 0.5) is 5.69 Å². The molecular weight excluding hydrogens is 318 g/mol. The third-order valence-corrected chi connectivity index (χ3v) is 5.20. The number of aliphatic imine (C=N–C) groups is 1. The SMILES string of the molecule is C=C(/C=C\C(C)=NC)CN(Cc1ccc(N(C)C)cc1)C(C)C(C)CC. The predicted octanol–water partition coefficient (Wildman–Crippen LogP) is 5.19. The van der Waals surface area contributed by atoms with Crippen LogP contribution in [0.3, 0.4) is 0 Å². The van der Waals surface area contributed by atoms with E-state index >= 15 is 0 Å². The fourth-order valence-electron chi connectivity index (χ4n) is 2.81. The zero-order chi connectivity index (χ0) is 19.7. The lowest BCUT2D eigenvalue weighted by molar-refractivity contribution is 0.165. The Morgan fingerprint density at radius 2 is 1.77 bits per heavy atom. The molecule has 0 fully saturated rings. The Balaban J connectivity index is 2.91. The monoisotopic (exact) mass is 355 g/mol.